The predicted molar refractivity (Wildman–Crippen MR) is 136 cm³/mol. The molecule has 0 saturated carbocycles. The number of anilines is 1. The van der Waals surface area contributed by atoms with Crippen LogP contribution < -0.4 is 14.8 Å². The first-order chi connectivity index (χ1) is 17.2. The van der Waals surface area contributed by atoms with Crippen LogP contribution in [-0.2, 0) is 29.2 Å². The van der Waals surface area contributed by atoms with Gasteiger partial charge in [0.1, 0.15) is 12.4 Å². The molecule has 2 aromatic carbocycles. The predicted octanol–water partition coefficient (Wildman–Crippen LogP) is 4.56. The molecule has 2 heterocycles. The van der Waals surface area contributed by atoms with Crippen LogP contribution in [0.4, 0.5) is 5.95 Å². The number of nitrogens with zero attached hydrogens (tertiary/aromatic N) is 4. The molecule has 4 aromatic rings. The third kappa shape index (κ3) is 6.04. The standard InChI is InChI=1S/C27H29N5O4/c1-5-32-17-28-22-23(32)30-26(29-21(33)15-18-9-7-6-8-10-18)31-24(22)35-16-19-11-13-20(14-12-19)36-25(34)27(2,3)4/h6-14,17H,5,15-16H2,1-4H3,(H,29,30,31,33). The van der Waals surface area contributed by atoms with Gasteiger partial charge in [-0.05, 0) is 51.0 Å². The molecule has 1 N–H and O–H groups in total. The highest BCUT2D eigenvalue weighted by Gasteiger charge is 2.23. The van der Waals surface area contributed by atoms with Crippen molar-refractivity contribution >= 4 is 29.0 Å². The fourth-order valence-electron chi connectivity index (χ4n) is 3.32. The van der Waals surface area contributed by atoms with Gasteiger partial charge < -0.3 is 14.0 Å². The van der Waals surface area contributed by atoms with Gasteiger partial charge in [0.2, 0.25) is 17.7 Å². The number of rotatable bonds is 8. The summed E-state index contributed by atoms with van der Waals surface area (Å²) >= 11 is 0. The monoisotopic (exact) mass is 487 g/mol. The topological polar surface area (TPSA) is 108 Å². The van der Waals surface area contributed by atoms with Crippen LogP contribution in [0.3, 0.4) is 0 Å². The lowest BCUT2D eigenvalue weighted by Crippen LogP contribution is -2.25. The molecule has 9 heteroatoms. The van der Waals surface area contributed by atoms with E-state index in [0.29, 0.717) is 23.5 Å². The summed E-state index contributed by atoms with van der Waals surface area (Å²) in [6, 6.07) is 16.5. The van der Waals surface area contributed by atoms with Crippen molar-refractivity contribution in [2.75, 3.05) is 5.32 Å². The first kappa shape index (κ1) is 24.8. The maximum absolute atomic E-state index is 12.6. The second-order valence-electron chi connectivity index (χ2n) is 9.34. The van der Waals surface area contributed by atoms with Gasteiger partial charge in [0.15, 0.2) is 11.2 Å². The lowest BCUT2D eigenvalue weighted by molar-refractivity contribution is -0.143. The molecule has 0 unspecified atom stereocenters. The number of hydrogen-bond donors (Lipinski definition) is 1. The third-order valence-electron chi connectivity index (χ3n) is 5.35. The van der Waals surface area contributed by atoms with E-state index in [1.54, 1.807) is 39.2 Å². The first-order valence-electron chi connectivity index (χ1n) is 11.7. The molecule has 4 rings (SSSR count). The lowest BCUT2D eigenvalue weighted by Gasteiger charge is -2.16. The summed E-state index contributed by atoms with van der Waals surface area (Å²) in [6.45, 7) is 8.25. The van der Waals surface area contributed by atoms with E-state index in [-0.39, 0.29) is 36.7 Å². The summed E-state index contributed by atoms with van der Waals surface area (Å²) in [5.41, 5.74) is 2.23. The van der Waals surface area contributed by atoms with Crippen molar-refractivity contribution in [1.29, 1.82) is 0 Å². The molecule has 36 heavy (non-hydrogen) atoms. The van der Waals surface area contributed by atoms with Crippen LogP contribution in [0.1, 0.15) is 38.8 Å². The Balaban J connectivity index is 1.49. The van der Waals surface area contributed by atoms with Crippen LogP contribution in [0.15, 0.2) is 60.9 Å². The van der Waals surface area contributed by atoms with Crippen molar-refractivity contribution in [3.05, 3.63) is 72.1 Å². The summed E-state index contributed by atoms with van der Waals surface area (Å²) in [4.78, 5) is 38.0. The van der Waals surface area contributed by atoms with E-state index in [9.17, 15) is 9.59 Å². The summed E-state index contributed by atoms with van der Waals surface area (Å²) in [7, 11) is 0. The Kier molecular flexibility index (Phi) is 7.28. The molecule has 0 atom stereocenters. The number of fused-ring (bicyclic) bond motifs is 1. The highest BCUT2D eigenvalue weighted by molar-refractivity contribution is 5.91. The Labute approximate surface area is 209 Å². The van der Waals surface area contributed by atoms with E-state index in [1.165, 1.54) is 0 Å². The Morgan fingerprint density at radius 1 is 0.972 bits per heavy atom. The fraction of sp³-hybridized carbons (Fsp3) is 0.296. The molecule has 0 aliphatic carbocycles. The fourth-order valence-corrected chi connectivity index (χ4v) is 3.32. The van der Waals surface area contributed by atoms with Crippen LogP contribution in [0.25, 0.3) is 11.2 Å². The molecule has 0 bridgehead atoms. The maximum Gasteiger partial charge on any atom is 0.316 e. The van der Waals surface area contributed by atoms with Crippen molar-refractivity contribution in [1.82, 2.24) is 19.5 Å². The molecule has 0 aliphatic heterocycles. The molecule has 0 fully saturated rings. The minimum absolute atomic E-state index is 0.151. The molecular formula is C27H29N5O4. The van der Waals surface area contributed by atoms with Crippen molar-refractivity contribution < 1.29 is 19.1 Å². The van der Waals surface area contributed by atoms with E-state index < -0.39 is 5.41 Å². The highest BCUT2D eigenvalue weighted by atomic mass is 16.5. The molecule has 186 valence electrons. The Hall–Kier alpha value is -4.27. The largest absolute Gasteiger partial charge is 0.471 e. The van der Waals surface area contributed by atoms with Gasteiger partial charge in [-0.25, -0.2) is 4.98 Å². The minimum atomic E-state index is -0.587. The zero-order chi connectivity index (χ0) is 25.7. The minimum Gasteiger partial charge on any atom is -0.471 e. The number of imidazole rings is 1. The number of aryl methyl sites for hydroxylation is 1. The SMILES string of the molecule is CCn1cnc2c(OCc3ccc(OC(=O)C(C)(C)C)cc3)nc(NC(=O)Cc3ccccc3)nc21. The molecule has 9 nitrogen and oxygen atoms in total. The van der Waals surface area contributed by atoms with E-state index >= 15 is 0 Å². The molecular weight excluding hydrogens is 458 g/mol. The van der Waals surface area contributed by atoms with Gasteiger partial charge in [-0.1, -0.05) is 42.5 Å². The number of aromatic nitrogens is 4. The Bertz CT molecular complexity index is 1360. The molecule has 0 saturated heterocycles. The summed E-state index contributed by atoms with van der Waals surface area (Å²) < 4.78 is 13.3. The maximum atomic E-state index is 12.6. The van der Waals surface area contributed by atoms with Crippen molar-refractivity contribution in [3.8, 4) is 11.6 Å². The molecule has 0 spiro atoms. The quantitative estimate of drug-likeness (QED) is 0.287. The van der Waals surface area contributed by atoms with Gasteiger partial charge in [0.25, 0.3) is 0 Å². The second-order valence-corrected chi connectivity index (χ2v) is 9.34. The molecule has 2 aromatic heterocycles. The van der Waals surface area contributed by atoms with Crippen LogP contribution in [0, 0.1) is 5.41 Å². The number of ether oxygens (including phenoxy) is 2. The number of carbonyl (C=O) groups excluding carboxylic acids is 2. The lowest BCUT2D eigenvalue weighted by atomic mass is 9.97. The van der Waals surface area contributed by atoms with Gasteiger partial charge in [-0.2, -0.15) is 9.97 Å². The van der Waals surface area contributed by atoms with Gasteiger partial charge in [-0.15, -0.1) is 0 Å². The second kappa shape index (κ2) is 10.6. The van der Waals surface area contributed by atoms with Crippen molar-refractivity contribution in [2.45, 2.75) is 47.3 Å². The number of benzene rings is 2. The first-order valence-corrected chi connectivity index (χ1v) is 11.7. The summed E-state index contributed by atoms with van der Waals surface area (Å²) in [5, 5.41) is 2.77. The van der Waals surface area contributed by atoms with Gasteiger partial charge >= 0.3 is 5.97 Å². The summed E-state index contributed by atoms with van der Waals surface area (Å²) in [6.07, 6.45) is 1.87. The van der Waals surface area contributed by atoms with Crippen LogP contribution in [0.5, 0.6) is 11.6 Å². The number of carbonyl (C=O) groups is 2. The van der Waals surface area contributed by atoms with E-state index in [2.05, 4.69) is 20.3 Å². The van der Waals surface area contributed by atoms with Crippen molar-refractivity contribution in [3.63, 3.8) is 0 Å². The van der Waals surface area contributed by atoms with Crippen LogP contribution in [-0.4, -0.2) is 31.4 Å². The van der Waals surface area contributed by atoms with Crippen molar-refractivity contribution in [2.24, 2.45) is 5.41 Å². The van der Waals surface area contributed by atoms with E-state index in [0.717, 1.165) is 11.1 Å². The molecule has 0 radical (unpaired) electrons. The number of hydrogen-bond acceptors (Lipinski definition) is 7. The Morgan fingerprint density at radius 3 is 2.36 bits per heavy atom. The van der Waals surface area contributed by atoms with Gasteiger partial charge in [0, 0.05) is 6.54 Å². The third-order valence-corrected chi connectivity index (χ3v) is 5.35. The number of esters is 1. The van der Waals surface area contributed by atoms with Gasteiger partial charge in [-0.3, -0.25) is 14.9 Å². The summed E-state index contributed by atoms with van der Waals surface area (Å²) in [5.74, 6) is 0.356. The average molecular weight is 488 g/mol. The number of nitrogens with one attached hydrogen (secondary N) is 1. The molecule has 1 amide bonds. The zero-order valence-corrected chi connectivity index (χ0v) is 20.8. The zero-order valence-electron chi connectivity index (χ0n) is 20.8. The normalized spacial score (nSPS) is 11.3. The Morgan fingerprint density at radius 2 is 1.69 bits per heavy atom. The van der Waals surface area contributed by atoms with Crippen LogP contribution >= 0.6 is 0 Å². The van der Waals surface area contributed by atoms with Crippen LogP contribution in [0.2, 0.25) is 0 Å². The van der Waals surface area contributed by atoms with E-state index in [1.807, 2.05) is 54.0 Å². The highest BCUT2D eigenvalue weighted by Crippen LogP contribution is 2.25. The smallest absolute Gasteiger partial charge is 0.316 e. The molecule has 0 aliphatic rings. The average Bonchev–Trinajstić information content (AvgIpc) is 3.26. The van der Waals surface area contributed by atoms with E-state index in [4.69, 9.17) is 9.47 Å². The number of amides is 1. The van der Waals surface area contributed by atoms with Gasteiger partial charge in [0.05, 0.1) is 18.2 Å².